The van der Waals surface area contributed by atoms with Crippen molar-refractivity contribution in [3.8, 4) is 17.2 Å². The van der Waals surface area contributed by atoms with Gasteiger partial charge in [-0.1, -0.05) is 30.3 Å². The summed E-state index contributed by atoms with van der Waals surface area (Å²) in [5, 5.41) is 2.86. The summed E-state index contributed by atoms with van der Waals surface area (Å²) < 4.78 is 10.9. The first kappa shape index (κ1) is 15.6. The molecule has 3 aromatic rings. The quantitative estimate of drug-likeness (QED) is 0.739. The van der Waals surface area contributed by atoms with E-state index in [9.17, 15) is 4.79 Å². The number of rotatable bonds is 5. The van der Waals surface area contributed by atoms with Crippen molar-refractivity contribution >= 4 is 11.6 Å². The van der Waals surface area contributed by atoms with Crippen LogP contribution >= 0.6 is 0 Å². The third-order valence-corrected chi connectivity index (χ3v) is 3.40. The molecule has 0 saturated heterocycles. The molecule has 0 aliphatic rings. The highest BCUT2D eigenvalue weighted by Gasteiger charge is 2.08. The van der Waals surface area contributed by atoms with Crippen LogP contribution in [0.5, 0.6) is 17.2 Å². The number of carbonyl (C=O) groups excluding carboxylic acids is 1. The van der Waals surface area contributed by atoms with E-state index in [4.69, 9.17) is 9.47 Å². The summed E-state index contributed by atoms with van der Waals surface area (Å²) in [6, 6.07) is 23.8. The largest absolute Gasteiger partial charge is 0.497 e. The first-order valence-electron chi connectivity index (χ1n) is 7.53. The number of ether oxygens (including phenoxy) is 2. The number of methoxy groups -OCH3 is 1. The van der Waals surface area contributed by atoms with Crippen molar-refractivity contribution in [3.05, 3.63) is 84.4 Å². The Morgan fingerprint density at radius 3 is 2.29 bits per heavy atom. The first-order chi connectivity index (χ1) is 11.7. The SMILES string of the molecule is COc1cccc(C(=O)Nc2cccc(Oc3ccccc3)c2)c1. The average molecular weight is 319 g/mol. The maximum absolute atomic E-state index is 12.3. The zero-order valence-corrected chi connectivity index (χ0v) is 13.2. The summed E-state index contributed by atoms with van der Waals surface area (Å²) in [6.07, 6.45) is 0. The lowest BCUT2D eigenvalue weighted by Gasteiger charge is -2.09. The number of nitrogens with one attached hydrogen (secondary N) is 1. The highest BCUT2D eigenvalue weighted by Crippen LogP contribution is 2.24. The number of benzene rings is 3. The van der Waals surface area contributed by atoms with Crippen LogP contribution in [0.3, 0.4) is 0 Å². The summed E-state index contributed by atoms with van der Waals surface area (Å²) in [7, 11) is 1.57. The molecule has 3 aromatic carbocycles. The molecule has 0 fully saturated rings. The van der Waals surface area contributed by atoms with E-state index in [2.05, 4.69) is 5.32 Å². The van der Waals surface area contributed by atoms with Crippen molar-refractivity contribution < 1.29 is 14.3 Å². The van der Waals surface area contributed by atoms with Gasteiger partial charge in [0.05, 0.1) is 7.11 Å². The van der Waals surface area contributed by atoms with Gasteiger partial charge in [-0.2, -0.15) is 0 Å². The number of amides is 1. The number of para-hydroxylation sites is 1. The topological polar surface area (TPSA) is 47.6 Å². The Morgan fingerprint density at radius 2 is 1.50 bits per heavy atom. The number of hydrogen-bond acceptors (Lipinski definition) is 3. The van der Waals surface area contributed by atoms with E-state index in [1.54, 1.807) is 37.4 Å². The standard InChI is InChI=1S/C20H17NO3/c1-23-18-11-5-7-15(13-18)20(22)21-16-8-6-12-19(14-16)24-17-9-3-2-4-10-17/h2-14H,1H3,(H,21,22). The van der Waals surface area contributed by atoms with Gasteiger partial charge in [0.2, 0.25) is 0 Å². The fraction of sp³-hybridized carbons (Fsp3) is 0.0500. The summed E-state index contributed by atoms with van der Waals surface area (Å²) in [5.74, 6) is 1.84. The number of anilines is 1. The fourth-order valence-electron chi connectivity index (χ4n) is 2.23. The van der Waals surface area contributed by atoms with Crippen LogP contribution < -0.4 is 14.8 Å². The third-order valence-electron chi connectivity index (χ3n) is 3.40. The molecular weight excluding hydrogens is 302 g/mol. The van der Waals surface area contributed by atoms with Crippen LogP contribution in [0.25, 0.3) is 0 Å². The molecule has 0 aromatic heterocycles. The highest BCUT2D eigenvalue weighted by molar-refractivity contribution is 6.04. The Morgan fingerprint density at radius 1 is 0.792 bits per heavy atom. The Balaban J connectivity index is 1.73. The Hall–Kier alpha value is -3.27. The molecule has 0 aliphatic heterocycles. The van der Waals surface area contributed by atoms with Crippen LogP contribution in [0.4, 0.5) is 5.69 Å². The van der Waals surface area contributed by atoms with Gasteiger partial charge in [0.15, 0.2) is 0 Å². The third kappa shape index (κ3) is 3.93. The van der Waals surface area contributed by atoms with Gasteiger partial charge < -0.3 is 14.8 Å². The minimum Gasteiger partial charge on any atom is -0.497 e. The molecule has 0 atom stereocenters. The molecule has 0 saturated carbocycles. The highest BCUT2D eigenvalue weighted by atomic mass is 16.5. The molecule has 0 spiro atoms. The summed E-state index contributed by atoms with van der Waals surface area (Å²) in [6.45, 7) is 0. The van der Waals surface area contributed by atoms with Crippen LogP contribution in [-0.4, -0.2) is 13.0 Å². The lowest BCUT2D eigenvalue weighted by molar-refractivity contribution is 0.102. The van der Waals surface area contributed by atoms with Crippen molar-refractivity contribution in [2.24, 2.45) is 0 Å². The molecule has 0 bridgehead atoms. The maximum Gasteiger partial charge on any atom is 0.255 e. The Labute approximate surface area is 140 Å². The molecule has 4 nitrogen and oxygen atoms in total. The smallest absolute Gasteiger partial charge is 0.255 e. The van der Waals surface area contributed by atoms with E-state index < -0.39 is 0 Å². The first-order valence-corrected chi connectivity index (χ1v) is 7.53. The molecular formula is C20H17NO3. The second kappa shape index (κ2) is 7.33. The van der Waals surface area contributed by atoms with Crippen LogP contribution in [0.2, 0.25) is 0 Å². The fourth-order valence-corrected chi connectivity index (χ4v) is 2.23. The zero-order chi connectivity index (χ0) is 16.8. The van der Waals surface area contributed by atoms with Gasteiger partial charge in [-0.15, -0.1) is 0 Å². The lowest BCUT2D eigenvalue weighted by atomic mass is 10.2. The minimum absolute atomic E-state index is 0.203. The lowest BCUT2D eigenvalue weighted by Crippen LogP contribution is -2.11. The van der Waals surface area contributed by atoms with Gasteiger partial charge in [-0.05, 0) is 42.5 Å². The monoisotopic (exact) mass is 319 g/mol. The van der Waals surface area contributed by atoms with Gasteiger partial charge >= 0.3 is 0 Å². The van der Waals surface area contributed by atoms with Crippen molar-refractivity contribution in [2.45, 2.75) is 0 Å². The average Bonchev–Trinajstić information content (AvgIpc) is 2.63. The zero-order valence-electron chi connectivity index (χ0n) is 13.2. The van der Waals surface area contributed by atoms with Crippen LogP contribution in [0.15, 0.2) is 78.9 Å². The van der Waals surface area contributed by atoms with E-state index in [0.29, 0.717) is 22.7 Å². The van der Waals surface area contributed by atoms with Crippen LogP contribution in [-0.2, 0) is 0 Å². The molecule has 0 aliphatic carbocycles. The van der Waals surface area contributed by atoms with E-state index >= 15 is 0 Å². The molecule has 24 heavy (non-hydrogen) atoms. The van der Waals surface area contributed by atoms with Gasteiger partial charge in [0, 0.05) is 17.3 Å². The normalized spacial score (nSPS) is 10.0. The second-order valence-electron chi connectivity index (χ2n) is 5.13. The van der Waals surface area contributed by atoms with Gasteiger partial charge in [0.1, 0.15) is 17.2 Å². The van der Waals surface area contributed by atoms with Gasteiger partial charge in [0.25, 0.3) is 5.91 Å². The molecule has 0 heterocycles. The van der Waals surface area contributed by atoms with Crippen LogP contribution in [0.1, 0.15) is 10.4 Å². The van der Waals surface area contributed by atoms with Crippen LogP contribution in [0, 0.1) is 0 Å². The van der Waals surface area contributed by atoms with Crippen molar-refractivity contribution in [1.82, 2.24) is 0 Å². The van der Waals surface area contributed by atoms with Gasteiger partial charge in [-0.3, -0.25) is 4.79 Å². The summed E-state index contributed by atoms with van der Waals surface area (Å²) in [5.41, 5.74) is 1.19. The Kier molecular flexibility index (Phi) is 4.77. The maximum atomic E-state index is 12.3. The van der Waals surface area contributed by atoms with E-state index in [0.717, 1.165) is 5.75 Å². The predicted octanol–water partition coefficient (Wildman–Crippen LogP) is 4.74. The summed E-state index contributed by atoms with van der Waals surface area (Å²) in [4.78, 5) is 12.3. The van der Waals surface area contributed by atoms with E-state index in [1.165, 1.54) is 0 Å². The Bertz CT molecular complexity index is 831. The minimum atomic E-state index is -0.203. The van der Waals surface area contributed by atoms with Crippen molar-refractivity contribution in [1.29, 1.82) is 0 Å². The summed E-state index contributed by atoms with van der Waals surface area (Å²) >= 11 is 0. The second-order valence-corrected chi connectivity index (χ2v) is 5.13. The van der Waals surface area contributed by atoms with Gasteiger partial charge in [-0.25, -0.2) is 0 Å². The predicted molar refractivity (Wildman–Crippen MR) is 93.9 cm³/mol. The molecule has 0 unspecified atom stereocenters. The molecule has 3 rings (SSSR count). The molecule has 0 radical (unpaired) electrons. The number of carbonyl (C=O) groups is 1. The van der Waals surface area contributed by atoms with E-state index in [-0.39, 0.29) is 5.91 Å². The molecule has 120 valence electrons. The van der Waals surface area contributed by atoms with Crippen molar-refractivity contribution in [3.63, 3.8) is 0 Å². The van der Waals surface area contributed by atoms with Crippen molar-refractivity contribution in [2.75, 3.05) is 12.4 Å². The molecule has 1 N–H and O–H groups in total. The molecule has 1 amide bonds. The number of hydrogen-bond donors (Lipinski definition) is 1. The van der Waals surface area contributed by atoms with E-state index in [1.807, 2.05) is 48.5 Å². The molecule has 4 heteroatoms.